The maximum Gasteiger partial charge on any atom is 0.255 e. The molecule has 1 N–H and O–H groups in total. The molecule has 4 rings (SSSR count). The van der Waals surface area contributed by atoms with Crippen LogP contribution in [0.4, 0.5) is 5.69 Å². The standard InChI is InChI=1S/C24H19ClN2O3S/c1-29-18-11-16(12-19(13-18)30-2)23(28)26-17-7-5-6-15(10-17)22-14-31-24(27-22)20-8-3-4-9-21(20)25/h3-14H,1-2H3,(H,26,28). The van der Waals surface area contributed by atoms with Crippen molar-refractivity contribution in [2.75, 3.05) is 19.5 Å². The zero-order chi connectivity index (χ0) is 21.8. The Balaban J connectivity index is 1.57. The lowest BCUT2D eigenvalue weighted by atomic mass is 10.1. The molecule has 0 aliphatic rings. The van der Waals surface area contributed by atoms with Gasteiger partial charge in [-0.1, -0.05) is 41.9 Å². The van der Waals surface area contributed by atoms with Crippen LogP contribution in [-0.2, 0) is 0 Å². The molecule has 0 aliphatic heterocycles. The van der Waals surface area contributed by atoms with Gasteiger partial charge in [-0.05, 0) is 30.3 Å². The Morgan fingerprint density at radius 1 is 0.968 bits per heavy atom. The van der Waals surface area contributed by atoms with Crippen molar-refractivity contribution in [3.05, 3.63) is 82.7 Å². The van der Waals surface area contributed by atoms with Crippen LogP contribution in [0.15, 0.2) is 72.1 Å². The van der Waals surface area contributed by atoms with Crippen molar-refractivity contribution in [3.8, 4) is 33.3 Å². The summed E-state index contributed by atoms with van der Waals surface area (Å²) in [6.45, 7) is 0. The number of carbonyl (C=O) groups is 1. The van der Waals surface area contributed by atoms with E-state index in [1.54, 1.807) is 32.4 Å². The third-order valence-corrected chi connectivity index (χ3v) is 5.84. The predicted octanol–water partition coefficient (Wildman–Crippen LogP) is 6.40. The highest BCUT2D eigenvalue weighted by Crippen LogP contribution is 2.33. The van der Waals surface area contributed by atoms with E-state index in [2.05, 4.69) is 5.32 Å². The highest BCUT2D eigenvalue weighted by molar-refractivity contribution is 7.13. The number of ether oxygens (including phenoxy) is 2. The molecule has 0 atom stereocenters. The molecule has 0 fully saturated rings. The van der Waals surface area contributed by atoms with Crippen molar-refractivity contribution in [1.29, 1.82) is 0 Å². The van der Waals surface area contributed by atoms with E-state index in [0.29, 0.717) is 27.8 Å². The van der Waals surface area contributed by atoms with Gasteiger partial charge in [-0.25, -0.2) is 4.98 Å². The SMILES string of the molecule is COc1cc(OC)cc(C(=O)Nc2cccc(-c3csc(-c4ccccc4Cl)n3)c2)c1. The molecule has 0 saturated heterocycles. The van der Waals surface area contributed by atoms with Gasteiger partial charge in [-0.15, -0.1) is 11.3 Å². The van der Waals surface area contributed by atoms with Gasteiger partial charge in [0.2, 0.25) is 0 Å². The van der Waals surface area contributed by atoms with E-state index in [-0.39, 0.29) is 5.91 Å². The zero-order valence-corrected chi connectivity index (χ0v) is 18.5. The van der Waals surface area contributed by atoms with Crippen LogP contribution in [0.2, 0.25) is 5.02 Å². The molecule has 0 bridgehead atoms. The van der Waals surface area contributed by atoms with Gasteiger partial charge < -0.3 is 14.8 Å². The van der Waals surface area contributed by atoms with Crippen molar-refractivity contribution >= 4 is 34.5 Å². The van der Waals surface area contributed by atoms with Crippen LogP contribution in [0.25, 0.3) is 21.8 Å². The molecule has 156 valence electrons. The fraction of sp³-hybridized carbons (Fsp3) is 0.0833. The van der Waals surface area contributed by atoms with Crippen LogP contribution in [0.5, 0.6) is 11.5 Å². The Morgan fingerprint density at radius 3 is 2.42 bits per heavy atom. The second-order valence-corrected chi connectivity index (χ2v) is 7.92. The molecule has 0 radical (unpaired) electrons. The molecule has 3 aromatic carbocycles. The largest absolute Gasteiger partial charge is 0.497 e. The molecule has 1 aromatic heterocycles. The van der Waals surface area contributed by atoms with Gasteiger partial charge in [0, 0.05) is 33.8 Å². The van der Waals surface area contributed by atoms with Gasteiger partial charge in [0.1, 0.15) is 16.5 Å². The normalized spacial score (nSPS) is 10.5. The summed E-state index contributed by atoms with van der Waals surface area (Å²) in [6, 6.07) is 20.2. The van der Waals surface area contributed by atoms with E-state index >= 15 is 0 Å². The van der Waals surface area contributed by atoms with Crippen molar-refractivity contribution in [2.45, 2.75) is 0 Å². The quantitative estimate of drug-likeness (QED) is 0.369. The molecular weight excluding hydrogens is 432 g/mol. The Morgan fingerprint density at radius 2 is 1.71 bits per heavy atom. The number of nitrogens with one attached hydrogen (secondary N) is 1. The molecule has 0 aliphatic carbocycles. The second-order valence-electron chi connectivity index (χ2n) is 6.65. The molecule has 4 aromatic rings. The van der Waals surface area contributed by atoms with E-state index in [9.17, 15) is 4.79 Å². The van der Waals surface area contributed by atoms with Gasteiger partial charge in [-0.2, -0.15) is 0 Å². The topological polar surface area (TPSA) is 60.5 Å². The molecule has 1 amide bonds. The first-order valence-electron chi connectivity index (χ1n) is 9.42. The van der Waals surface area contributed by atoms with Crippen molar-refractivity contribution in [1.82, 2.24) is 4.98 Å². The van der Waals surface area contributed by atoms with Crippen molar-refractivity contribution < 1.29 is 14.3 Å². The smallest absolute Gasteiger partial charge is 0.255 e. The van der Waals surface area contributed by atoms with Gasteiger partial charge in [0.25, 0.3) is 5.91 Å². The molecule has 0 unspecified atom stereocenters. The minimum Gasteiger partial charge on any atom is -0.497 e. The predicted molar refractivity (Wildman–Crippen MR) is 125 cm³/mol. The maximum absolute atomic E-state index is 12.8. The van der Waals surface area contributed by atoms with Gasteiger partial charge in [-0.3, -0.25) is 4.79 Å². The first-order valence-corrected chi connectivity index (χ1v) is 10.7. The average Bonchev–Trinajstić information content (AvgIpc) is 3.29. The fourth-order valence-corrected chi connectivity index (χ4v) is 4.21. The number of nitrogens with zero attached hydrogens (tertiary/aromatic N) is 1. The van der Waals surface area contributed by atoms with Crippen LogP contribution in [0, 0.1) is 0 Å². The van der Waals surface area contributed by atoms with Crippen LogP contribution in [-0.4, -0.2) is 25.1 Å². The number of benzene rings is 3. The minimum absolute atomic E-state index is 0.260. The second kappa shape index (κ2) is 9.20. The summed E-state index contributed by atoms with van der Waals surface area (Å²) in [5, 5.41) is 6.41. The van der Waals surface area contributed by atoms with Gasteiger partial charge in [0.15, 0.2) is 0 Å². The summed E-state index contributed by atoms with van der Waals surface area (Å²) in [4.78, 5) is 17.5. The monoisotopic (exact) mass is 450 g/mol. The average molecular weight is 451 g/mol. The highest BCUT2D eigenvalue weighted by atomic mass is 35.5. The van der Waals surface area contributed by atoms with E-state index in [1.807, 2.05) is 53.9 Å². The summed E-state index contributed by atoms with van der Waals surface area (Å²) >= 11 is 7.83. The summed E-state index contributed by atoms with van der Waals surface area (Å²) < 4.78 is 10.5. The summed E-state index contributed by atoms with van der Waals surface area (Å²) in [7, 11) is 3.09. The number of hydrogen-bond donors (Lipinski definition) is 1. The number of anilines is 1. The molecule has 0 spiro atoms. The molecular formula is C24H19ClN2O3S. The fourth-order valence-electron chi connectivity index (χ4n) is 3.06. The number of methoxy groups -OCH3 is 2. The minimum atomic E-state index is -0.260. The van der Waals surface area contributed by atoms with Crippen LogP contribution in [0.1, 0.15) is 10.4 Å². The van der Waals surface area contributed by atoms with E-state index in [1.165, 1.54) is 11.3 Å². The Hall–Kier alpha value is -3.35. The first kappa shape index (κ1) is 20.9. The Kier molecular flexibility index (Phi) is 6.21. The van der Waals surface area contributed by atoms with Crippen LogP contribution < -0.4 is 14.8 Å². The van der Waals surface area contributed by atoms with E-state index < -0.39 is 0 Å². The number of carbonyl (C=O) groups excluding carboxylic acids is 1. The lowest BCUT2D eigenvalue weighted by Crippen LogP contribution is -2.12. The number of halogens is 1. The van der Waals surface area contributed by atoms with E-state index in [4.69, 9.17) is 26.1 Å². The molecule has 0 saturated carbocycles. The van der Waals surface area contributed by atoms with E-state index in [0.717, 1.165) is 21.8 Å². The lowest BCUT2D eigenvalue weighted by Gasteiger charge is -2.10. The Labute approximate surface area is 189 Å². The number of hydrogen-bond acceptors (Lipinski definition) is 5. The summed E-state index contributed by atoms with van der Waals surface area (Å²) in [5.74, 6) is 0.838. The molecule has 31 heavy (non-hydrogen) atoms. The molecule has 7 heteroatoms. The number of rotatable bonds is 6. The van der Waals surface area contributed by atoms with Crippen molar-refractivity contribution in [2.24, 2.45) is 0 Å². The molecule has 5 nitrogen and oxygen atoms in total. The molecule has 1 heterocycles. The highest BCUT2D eigenvalue weighted by Gasteiger charge is 2.13. The van der Waals surface area contributed by atoms with Gasteiger partial charge >= 0.3 is 0 Å². The third-order valence-electron chi connectivity index (χ3n) is 4.64. The summed E-state index contributed by atoms with van der Waals surface area (Å²) in [5.41, 5.74) is 3.72. The zero-order valence-electron chi connectivity index (χ0n) is 16.9. The maximum atomic E-state index is 12.8. The summed E-state index contributed by atoms with van der Waals surface area (Å²) in [6.07, 6.45) is 0. The number of aromatic nitrogens is 1. The Bertz CT molecular complexity index is 1220. The lowest BCUT2D eigenvalue weighted by molar-refractivity contribution is 0.102. The number of thiazole rings is 1. The third kappa shape index (κ3) is 4.71. The van der Waals surface area contributed by atoms with Crippen LogP contribution >= 0.6 is 22.9 Å². The first-order chi connectivity index (χ1) is 15.1. The van der Waals surface area contributed by atoms with Crippen molar-refractivity contribution in [3.63, 3.8) is 0 Å². The van der Waals surface area contributed by atoms with Crippen LogP contribution in [0.3, 0.4) is 0 Å². The number of amides is 1. The van der Waals surface area contributed by atoms with Gasteiger partial charge in [0.05, 0.1) is 24.9 Å².